The van der Waals surface area contributed by atoms with E-state index in [9.17, 15) is 14.4 Å². The van der Waals surface area contributed by atoms with Crippen LogP contribution in [0.5, 0.6) is 0 Å². The Morgan fingerprint density at radius 3 is 1.55 bits per heavy atom. The molecule has 118 valence electrons. The number of hydrogen-bond acceptors (Lipinski definition) is 6. The van der Waals surface area contributed by atoms with E-state index in [-0.39, 0.29) is 47.0 Å². The van der Waals surface area contributed by atoms with Gasteiger partial charge in [0.15, 0.2) is 0 Å². The van der Waals surface area contributed by atoms with Crippen molar-refractivity contribution >= 4 is 72.9 Å². The SMILES string of the molecule is CC(=O)O.Nc1ccc(N)cc1.O=C1CC(=O)NC(=O)N1.[Ca+2].[H-].[H-]. The third kappa shape index (κ3) is 13.2. The van der Waals surface area contributed by atoms with Gasteiger partial charge in [-0.25, -0.2) is 4.79 Å². The Balaban J connectivity index is -0.000000125. The maximum absolute atomic E-state index is 10.3. The van der Waals surface area contributed by atoms with E-state index in [1.807, 2.05) is 10.6 Å². The van der Waals surface area contributed by atoms with E-state index >= 15 is 0 Å². The normalized spacial score (nSPS) is 12.1. The average Bonchev–Trinajstić information content (AvgIpc) is 2.31. The summed E-state index contributed by atoms with van der Waals surface area (Å²) in [5.74, 6) is -1.94. The monoisotopic (exact) mass is 338 g/mol. The molecule has 4 amide bonds. The van der Waals surface area contributed by atoms with Crippen molar-refractivity contribution in [3.63, 3.8) is 0 Å². The first-order valence-corrected chi connectivity index (χ1v) is 5.65. The zero-order valence-electron chi connectivity index (χ0n) is 14.0. The number of nitrogen functional groups attached to an aromatic ring is 2. The zero-order valence-corrected chi connectivity index (χ0v) is 14.2. The van der Waals surface area contributed by atoms with Crippen LogP contribution in [-0.4, -0.2) is 66.7 Å². The summed E-state index contributed by atoms with van der Waals surface area (Å²) in [6.45, 7) is 1.08. The number of barbiturate groups is 1. The Bertz CT molecular complexity index is 472. The van der Waals surface area contributed by atoms with Gasteiger partial charge in [0.05, 0.1) is 0 Å². The molecule has 0 spiro atoms. The van der Waals surface area contributed by atoms with Crippen LogP contribution < -0.4 is 22.1 Å². The number of anilines is 2. The average molecular weight is 338 g/mol. The number of carboxylic acids is 1. The number of benzene rings is 1. The van der Waals surface area contributed by atoms with Crippen LogP contribution in [0.15, 0.2) is 24.3 Å². The third-order valence-corrected chi connectivity index (χ3v) is 1.76. The van der Waals surface area contributed by atoms with Gasteiger partial charge in [-0.05, 0) is 24.3 Å². The summed E-state index contributed by atoms with van der Waals surface area (Å²) in [6.07, 6.45) is -0.258. The van der Waals surface area contributed by atoms with Crippen molar-refractivity contribution < 1.29 is 27.1 Å². The van der Waals surface area contributed by atoms with Crippen LogP contribution in [0.3, 0.4) is 0 Å². The van der Waals surface area contributed by atoms with Crippen molar-refractivity contribution in [2.75, 3.05) is 11.5 Å². The predicted octanol–water partition coefficient (Wildman–Crippen LogP) is -0.471. The zero-order chi connectivity index (χ0) is 16.4. The van der Waals surface area contributed by atoms with E-state index in [0.29, 0.717) is 0 Å². The minimum atomic E-state index is -0.833. The fraction of sp³-hybridized carbons (Fsp3) is 0.167. The summed E-state index contributed by atoms with van der Waals surface area (Å²) < 4.78 is 0. The topological polar surface area (TPSA) is 165 Å². The summed E-state index contributed by atoms with van der Waals surface area (Å²) in [7, 11) is 0. The van der Waals surface area contributed by atoms with Crippen LogP contribution in [0.2, 0.25) is 0 Å². The van der Waals surface area contributed by atoms with Gasteiger partial charge in [-0.15, -0.1) is 0 Å². The van der Waals surface area contributed by atoms with Crippen LogP contribution in [0.4, 0.5) is 16.2 Å². The second kappa shape index (κ2) is 11.8. The Hall–Kier alpha value is -1.84. The van der Waals surface area contributed by atoms with Crippen molar-refractivity contribution in [3.05, 3.63) is 24.3 Å². The minimum Gasteiger partial charge on any atom is -1.00 e. The molecule has 0 aliphatic carbocycles. The van der Waals surface area contributed by atoms with Crippen molar-refractivity contribution in [2.45, 2.75) is 13.3 Å². The van der Waals surface area contributed by atoms with E-state index in [4.69, 9.17) is 21.4 Å². The van der Waals surface area contributed by atoms with Crippen LogP contribution in [0.25, 0.3) is 0 Å². The molecule has 1 heterocycles. The Morgan fingerprint density at radius 2 is 1.32 bits per heavy atom. The molecular formula is C12H18CaN4O5. The summed E-state index contributed by atoms with van der Waals surface area (Å²) in [6, 6.07) is 6.35. The molecule has 2 rings (SSSR count). The molecule has 1 saturated heterocycles. The first-order valence-electron chi connectivity index (χ1n) is 5.65. The molecule has 1 aliphatic heterocycles. The van der Waals surface area contributed by atoms with Gasteiger partial charge in [0.1, 0.15) is 6.42 Å². The molecular weight excluding hydrogens is 320 g/mol. The van der Waals surface area contributed by atoms with Crippen LogP contribution in [0, 0.1) is 0 Å². The largest absolute Gasteiger partial charge is 2.00 e. The predicted molar refractivity (Wildman–Crippen MR) is 82.9 cm³/mol. The minimum absolute atomic E-state index is 0. The van der Waals surface area contributed by atoms with E-state index in [1.54, 1.807) is 24.3 Å². The van der Waals surface area contributed by atoms with E-state index in [2.05, 4.69) is 0 Å². The first-order chi connectivity index (χ1) is 9.70. The summed E-state index contributed by atoms with van der Waals surface area (Å²) in [4.78, 5) is 39.8. The molecule has 0 unspecified atom stereocenters. The second-order valence-corrected chi connectivity index (χ2v) is 3.79. The standard InChI is InChI=1S/C6H8N2.C4H4N2O3.C2H4O2.Ca.2H/c7-5-1-2-6(8)4-3-5;7-2-1-3(8)6-4(9)5-2;1-2(3)4;;;/h1-4H,7-8H2;1H2,(H2,5,6,7,8,9);1H3,(H,3,4);;;/q;;;+2;2*-1. The number of nitrogens with one attached hydrogen (secondary N) is 2. The van der Waals surface area contributed by atoms with Gasteiger partial charge in [0.25, 0.3) is 5.97 Å². The number of carbonyl (C=O) groups excluding carboxylic acids is 3. The van der Waals surface area contributed by atoms with Crippen molar-refractivity contribution in [1.29, 1.82) is 0 Å². The molecule has 10 heteroatoms. The van der Waals surface area contributed by atoms with Crippen molar-refractivity contribution in [2.24, 2.45) is 0 Å². The van der Waals surface area contributed by atoms with Gasteiger partial charge in [-0.3, -0.25) is 25.0 Å². The number of carbonyl (C=O) groups is 4. The molecule has 22 heavy (non-hydrogen) atoms. The van der Waals surface area contributed by atoms with E-state index in [1.165, 1.54) is 0 Å². The van der Waals surface area contributed by atoms with Gasteiger partial charge in [-0.1, -0.05) is 0 Å². The molecule has 0 aromatic heterocycles. The maximum atomic E-state index is 10.3. The number of nitrogens with two attached hydrogens (primary N) is 2. The Morgan fingerprint density at radius 1 is 1.05 bits per heavy atom. The molecule has 1 fully saturated rings. The molecule has 9 nitrogen and oxygen atoms in total. The van der Waals surface area contributed by atoms with E-state index < -0.39 is 23.8 Å². The van der Waals surface area contributed by atoms with Gasteiger partial charge < -0.3 is 19.4 Å². The van der Waals surface area contributed by atoms with Gasteiger partial charge in [0, 0.05) is 18.3 Å². The van der Waals surface area contributed by atoms with Gasteiger partial charge in [0.2, 0.25) is 11.8 Å². The Labute approximate surface area is 159 Å². The number of aliphatic carboxylic acids is 1. The number of urea groups is 1. The number of amides is 4. The second-order valence-electron chi connectivity index (χ2n) is 3.79. The third-order valence-electron chi connectivity index (χ3n) is 1.76. The summed E-state index contributed by atoms with van der Waals surface area (Å²) in [5.41, 5.74) is 12.2. The summed E-state index contributed by atoms with van der Waals surface area (Å²) >= 11 is 0. The first kappa shape index (κ1) is 22.4. The van der Waals surface area contributed by atoms with Crippen LogP contribution >= 0.6 is 0 Å². The van der Waals surface area contributed by atoms with Gasteiger partial charge in [-0.2, -0.15) is 0 Å². The Kier molecular flexibility index (Phi) is 12.0. The molecule has 0 radical (unpaired) electrons. The quantitative estimate of drug-likeness (QED) is 0.242. The van der Waals surface area contributed by atoms with Crippen molar-refractivity contribution in [1.82, 2.24) is 10.6 Å². The van der Waals surface area contributed by atoms with E-state index in [0.717, 1.165) is 18.3 Å². The van der Waals surface area contributed by atoms with Crippen LogP contribution in [-0.2, 0) is 14.4 Å². The smallest absolute Gasteiger partial charge is 1.00 e. The number of imide groups is 2. The number of rotatable bonds is 0. The van der Waals surface area contributed by atoms with Crippen LogP contribution in [0.1, 0.15) is 16.2 Å². The molecule has 0 bridgehead atoms. The number of carboxylic acid groups (broad SMARTS) is 1. The molecule has 0 atom stereocenters. The van der Waals surface area contributed by atoms with Crippen molar-refractivity contribution in [3.8, 4) is 0 Å². The molecule has 1 aromatic rings. The molecule has 1 aromatic carbocycles. The molecule has 7 N–H and O–H groups in total. The fourth-order valence-corrected chi connectivity index (χ4v) is 1.01. The molecule has 0 saturated carbocycles. The fourth-order valence-electron chi connectivity index (χ4n) is 1.01. The van der Waals surface area contributed by atoms with Gasteiger partial charge >= 0.3 is 43.8 Å². The summed E-state index contributed by atoms with van der Waals surface area (Å²) in [5, 5.41) is 11.2. The number of hydrogen-bond donors (Lipinski definition) is 5. The maximum Gasteiger partial charge on any atom is 2.00 e. The molecule has 1 aliphatic rings.